The molecule has 3 aliphatic carbocycles. The number of carbonyl (C=O) groups excluding carboxylic acids is 1. The van der Waals surface area contributed by atoms with E-state index in [-0.39, 0.29) is 28.3 Å². The maximum Gasteiger partial charge on any atom is 0.196 e. The standard InChI is InChI=1S/C23H29NO2/c1-6-7-10-23-12-8-18-21(2,3)20(26-5)9-11-22(18,4)19(23)13-17(25)16(14-23)15-24/h13-14,18,20H,6,8-9,11-12H2,1-5H3. The molecule has 0 amide bonds. The van der Waals surface area contributed by atoms with Gasteiger partial charge in [0.05, 0.1) is 17.1 Å². The highest BCUT2D eigenvalue weighted by Gasteiger charge is 2.59. The predicted molar refractivity (Wildman–Crippen MR) is 102 cm³/mol. The van der Waals surface area contributed by atoms with Gasteiger partial charge in [-0.15, -0.1) is 5.92 Å². The van der Waals surface area contributed by atoms with Gasteiger partial charge in [-0.3, -0.25) is 4.79 Å². The molecule has 0 heterocycles. The Bertz CT molecular complexity index is 785. The molecule has 0 aromatic heterocycles. The van der Waals surface area contributed by atoms with E-state index in [1.807, 2.05) is 13.0 Å². The summed E-state index contributed by atoms with van der Waals surface area (Å²) < 4.78 is 5.81. The molecule has 3 nitrogen and oxygen atoms in total. The second-order valence-electron chi connectivity index (χ2n) is 8.81. The van der Waals surface area contributed by atoms with Crippen LogP contribution in [0.25, 0.3) is 0 Å². The van der Waals surface area contributed by atoms with Crippen LogP contribution in [0, 0.1) is 45.3 Å². The van der Waals surface area contributed by atoms with Crippen LogP contribution in [0.15, 0.2) is 23.3 Å². The van der Waals surface area contributed by atoms with E-state index in [2.05, 4.69) is 38.7 Å². The fourth-order valence-corrected chi connectivity index (χ4v) is 5.94. The first-order valence-corrected chi connectivity index (χ1v) is 9.68. The van der Waals surface area contributed by atoms with Crippen LogP contribution < -0.4 is 0 Å². The van der Waals surface area contributed by atoms with Crippen molar-refractivity contribution in [3.63, 3.8) is 0 Å². The Kier molecular flexibility index (Phi) is 4.66. The zero-order valence-electron chi connectivity index (χ0n) is 16.6. The highest BCUT2D eigenvalue weighted by Crippen LogP contribution is 2.65. The monoisotopic (exact) mass is 351 g/mol. The Morgan fingerprint density at radius 3 is 2.62 bits per heavy atom. The molecule has 4 unspecified atom stereocenters. The molecule has 0 saturated heterocycles. The van der Waals surface area contributed by atoms with Gasteiger partial charge in [0.2, 0.25) is 0 Å². The van der Waals surface area contributed by atoms with Crippen LogP contribution in [0.5, 0.6) is 0 Å². The van der Waals surface area contributed by atoms with E-state index in [1.54, 1.807) is 13.2 Å². The first kappa shape index (κ1) is 18.9. The number of hydrogen-bond donors (Lipinski definition) is 0. The average Bonchev–Trinajstić information content (AvgIpc) is 2.60. The van der Waals surface area contributed by atoms with Crippen LogP contribution in [0.1, 0.15) is 59.8 Å². The largest absolute Gasteiger partial charge is 0.381 e. The molecule has 4 atom stereocenters. The SMILES string of the molecule is CCC#CC12C=C(C#N)C(=O)C=C1C1(C)CCC(OC)C(C)(C)C1CC2. The Hall–Kier alpha value is -1.84. The van der Waals surface area contributed by atoms with Crippen molar-refractivity contribution in [1.29, 1.82) is 5.26 Å². The lowest BCUT2D eigenvalue weighted by Crippen LogP contribution is -2.56. The number of nitrogens with zero attached hydrogens (tertiary/aromatic N) is 1. The van der Waals surface area contributed by atoms with Gasteiger partial charge in [-0.2, -0.15) is 5.26 Å². The molecule has 3 heteroatoms. The van der Waals surface area contributed by atoms with E-state index in [9.17, 15) is 10.1 Å². The van der Waals surface area contributed by atoms with E-state index in [0.717, 1.165) is 37.7 Å². The summed E-state index contributed by atoms with van der Waals surface area (Å²) in [5, 5.41) is 9.40. The third-order valence-electron chi connectivity index (χ3n) is 7.17. The van der Waals surface area contributed by atoms with E-state index in [1.165, 1.54) is 0 Å². The Balaban J connectivity index is 2.15. The molecule has 2 saturated carbocycles. The smallest absolute Gasteiger partial charge is 0.196 e. The minimum absolute atomic E-state index is 0.0369. The topological polar surface area (TPSA) is 50.1 Å². The van der Waals surface area contributed by atoms with Crippen molar-refractivity contribution in [3.8, 4) is 17.9 Å². The second-order valence-corrected chi connectivity index (χ2v) is 8.81. The summed E-state index contributed by atoms with van der Waals surface area (Å²) >= 11 is 0. The lowest BCUT2D eigenvalue weighted by Gasteiger charge is -2.61. The number of fused-ring (bicyclic) bond motifs is 3. The predicted octanol–water partition coefficient (Wildman–Crippen LogP) is 4.60. The summed E-state index contributed by atoms with van der Waals surface area (Å²) in [6.45, 7) is 8.94. The van der Waals surface area contributed by atoms with Crippen LogP contribution >= 0.6 is 0 Å². The van der Waals surface area contributed by atoms with Gasteiger partial charge in [0, 0.05) is 13.5 Å². The van der Waals surface area contributed by atoms with Crippen molar-refractivity contribution in [3.05, 3.63) is 23.3 Å². The Morgan fingerprint density at radius 1 is 1.27 bits per heavy atom. The third kappa shape index (κ3) is 2.57. The number of allylic oxidation sites excluding steroid dienone is 4. The first-order valence-electron chi connectivity index (χ1n) is 9.68. The molecule has 0 radical (unpaired) electrons. The summed E-state index contributed by atoms with van der Waals surface area (Å²) in [6, 6.07) is 2.08. The summed E-state index contributed by atoms with van der Waals surface area (Å²) in [5.41, 5.74) is 0.859. The van der Waals surface area contributed by atoms with Crippen molar-refractivity contribution in [2.45, 2.75) is 65.9 Å². The fourth-order valence-electron chi connectivity index (χ4n) is 5.94. The van der Waals surface area contributed by atoms with Crippen LogP contribution in [0.2, 0.25) is 0 Å². The van der Waals surface area contributed by atoms with E-state index >= 15 is 0 Å². The molecule has 26 heavy (non-hydrogen) atoms. The van der Waals surface area contributed by atoms with Crippen molar-refractivity contribution in [1.82, 2.24) is 0 Å². The molecular formula is C23H29NO2. The van der Waals surface area contributed by atoms with Gasteiger partial charge in [0.25, 0.3) is 0 Å². The van der Waals surface area contributed by atoms with Gasteiger partial charge in [-0.25, -0.2) is 0 Å². The van der Waals surface area contributed by atoms with Gasteiger partial charge in [0.1, 0.15) is 6.07 Å². The van der Waals surface area contributed by atoms with Gasteiger partial charge < -0.3 is 4.74 Å². The zero-order valence-corrected chi connectivity index (χ0v) is 16.6. The normalized spacial score (nSPS) is 37.9. The van der Waals surface area contributed by atoms with Crippen molar-refractivity contribution in [2.75, 3.05) is 7.11 Å². The number of ether oxygens (including phenoxy) is 1. The molecule has 0 aromatic rings. The summed E-state index contributed by atoms with van der Waals surface area (Å²) in [7, 11) is 1.81. The second kappa shape index (κ2) is 6.40. The molecule has 0 bridgehead atoms. The van der Waals surface area contributed by atoms with E-state index < -0.39 is 5.41 Å². The van der Waals surface area contributed by atoms with Gasteiger partial charge in [-0.05, 0) is 60.2 Å². The number of hydrogen-bond acceptors (Lipinski definition) is 3. The van der Waals surface area contributed by atoms with E-state index in [0.29, 0.717) is 5.92 Å². The van der Waals surface area contributed by atoms with Crippen LogP contribution in [0.4, 0.5) is 0 Å². The van der Waals surface area contributed by atoms with Crippen LogP contribution in [-0.2, 0) is 9.53 Å². The van der Waals surface area contributed by atoms with Gasteiger partial charge in [-0.1, -0.05) is 33.6 Å². The van der Waals surface area contributed by atoms with Crippen LogP contribution in [0.3, 0.4) is 0 Å². The molecule has 3 aliphatic rings. The maximum absolute atomic E-state index is 12.6. The molecular weight excluding hydrogens is 322 g/mol. The van der Waals surface area contributed by atoms with Gasteiger partial charge in [0.15, 0.2) is 5.78 Å². The minimum Gasteiger partial charge on any atom is -0.381 e. The zero-order chi connectivity index (χ0) is 19.2. The summed E-state index contributed by atoms with van der Waals surface area (Å²) in [6.07, 6.45) is 8.49. The Labute approximate surface area is 157 Å². The number of nitriles is 1. The van der Waals surface area contributed by atoms with Crippen molar-refractivity contribution in [2.24, 2.45) is 22.2 Å². The Morgan fingerprint density at radius 2 is 2.00 bits per heavy atom. The molecule has 0 aromatic carbocycles. The molecule has 138 valence electrons. The minimum atomic E-state index is -0.462. The summed E-state index contributed by atoms with van der Waals surface area (Å²) in [5.74, 6) is 6.96. The fraction of sp³-hybridized carbons (Fsp3) is 0.652. The lowest BCUT2D eigenvalue weighted by molar-refractivity contribution is -0.119. The number of ketones is 1. The number of methoxy groups -OCH3 is 1. The quantitative estimate of drug-likeness (QED) is 0.649. The maximum atomic E-state index is 12.6. The molecule has 0 N–H and O–H groups in total. The molecule has 3 rings (SSSR count). The lowest BCUT2D eigenvalue weighted by atomic mass is 9.44. The molecule has 0 aliphatic heterocycles. The molecule has 0 spiro atoms. The van der Waals surface area contributed by atoms with Crippen molar-refractivity contribution < 1.29 is 9.53 Å². The summed E-state index contributed by atoms with van der Waals surface area (Å²) in [4.78, 5) is 12.6. The molecule has 2 fully saturated rings. The highest BCUT2D eigenvalue weighted by molar-refractivity contribution is 6.09. The average molecular weight is 351 g/mol. The van der Waals surface area contributed by atoms with Gasteiger partial charge >= 0.3 is 0 Å². The van der Waals surface area contributed by atoms with E-state index in [4.69, 9.17) is 4.74 Å². The number of carbonyl (C=O) groups is 1. The first-order chi connectivity index (χ1) is 12.2. The van der Waals surface area contributed by atoms with Crippen molar-refractivity contribution >= 4 is 5.78 Å². The highest BCUT2D eigenvalue weighted by atomic mass is 16.5. The third-order valence-corrected chi connectivity index (χ3v) is 7.17. The number of rotatable bonds is 1. The van der Waals surface area contributed by atoms with Crippen LogP contribution in [-0.4, -0.2) is 19.0 Å².